The molecule has 10 heteroatoms. The van der Waals surface area contributed by atoms with Crippen molar-refractivity contribution in [3.63, 3.8) is 0 Å². The average Bonchev–Trinajstić information content (AvgIpc) is 2.29. The van der Waals surface area contributed by atoms with Gasteiger partial charge in [-0.2, -0.15) is 21.6 Å². The number of hydrogen-bond donors (Lipinski definition) is 2. The molecule has 0 saturated carbocycles. The van der Waals surface area contributed by atoms with Crippen molar-refractivity contribution in [1.82, 2.24) is 0 Å². The second-order valence-electron chi connectivity index (χ2n) is 3.78. The maximum atomic E-state index is 12.1. The fraction of sp³-hybridized carbons (Fsp3) is 0.300. The molecule has 0 aliphatic heterocycles. The van der Waals surface area contributed by atoms with Gasteiger partial charge in [0.1, 0.15) is 11.8 Å². The SMILES string of the molecule is N[C@@H](Cc1ccc(OS(=O)(=O)C(F)(F)F)cc1)C(=O)O. The van der Waals surface area contributed by atoms with Gasteiger partial charge in [-0.05, 0) is 24.1 Å². The van der Waals surface area contributed by atoms with E-state index >= 15 is 0 Å². The first-order chi connectivity index (χ1) is 9.03. The molecule has 0 radical (unpaired) electrons. The van der Waals surface area contributed by atoms with Crippen molar-refractivity contribution in [2.45, 2.75) is 18.0 Å². The number of benzene rings is 1. The predicted molar refractivity (Wildman–Crippen MR) is 61.4 cm³/mol. The first-order valence-electron chi connectivity index (χ1n) is 5.11. The van der Waals surface area contributed by atoms with Gasteiger partial charge in [-0.25, -0.2) is 0 Å². The van der Waals surface area contributed by atoms with E-state index in [9.17, 15) is 26.4 Å². The number of carboxylic acid groups (broad SMARTS) is 1. The number of nitrogens with two attached hydrogens (primary N) is 1. The summed E-state index contributed by atoms with van der Waals surface area (Å²) < 4.78 is 61.5. The van der Waals surface area contributed by atoms with Gasteiger partial charge in [-0.15, -0.1) is 0 Å². The van der Waals surface area contributed by atoms with Crippen LogP contribution in [0.15, 0.2) is 24.3 Å². The zero-order chi connectivity index (χ0) is 15.6. The summed E-state index contributed by atoms with van der Waals surface area (Å²) in [4.78, 5) is 10.5. The van der Waals surface area contributed by atoms with E-state index in [2.05, 4.69) is 4.18 Å². The fourth-order valence-electron chi connectivity index (χ4n) is 1.20. The Bertz CT molecular complexity index is 582. The Balaban J connectivity index is 2.80. The van der Waals surface area contributed by atoms with Crippen molar-refractivity contribution in [1.29, 1.82) is 0 Å². The van der Waals surface area contributed by atoms with Crippen LogP contribution in [0, 0.1) is 0 Å². The molecular weight excluding hydrogens is 303 g/mol. The summed E-state index contributed by atoms with van der Waals surface area (Å²) >= 11 is 0. The number of carboxylic acids is 1. The Labute approximate surface area is 112 Å². The van der Waals surface area contributed by atoms with Crippen molar-refractivity contribution < 1.29 is 35.7 Å². The molecule has 0 fully saturated rings. The summed E-state index contributed by atoms with van der Waals surface area (Å²) in [5.74, 6) is -1.76. The predicted octanol–water partition coefficient (Wildman–Crippen LogP) is 0.869. The Morgan fingerprint density at radius 3 is 2.20 bits per heavy atom. The third kappa shape index (κ3) is 4.10. The molecule has 0 saturated heterocycles. The third-order valence-corrected chi connectivity index (χ3v) is 3.16. The monoisotopic (exact) mass is 313 g/mol. The minimum absolute atomic E-state index is 0.0539. The van der Waals surface area contributed by atoms with E-state index in [1.54, 1.807) is 0 Å². The number of carbonyl (C=O) groups is 1. The molecule has 0 spiro atoms. The largest absolute Gasteiger partial charge is 0.534 e. The highest BCUT2D eigenvalue weighted by atomic mass is 32.2. The Morgan fingerprint density at radius 1 is 1.30 bits per heavy atom. The second-order valence-corrected chi connectivity index (χ2v) is 5.31. The smallest absolute Gasteiger partial charge is 0.480 e. The molecule has 0 aliphatic rings. The topological polar surface area (TPSA) is 107 Å². The third-order valence-electron chi connectivity index (χ3n) is 2.19. The number of alkyl halides is 3. The van der Waals surface area contributed by atoms with E-state index in [1.165, 1.54) is 12.1 Å². The molecule has 0 aromatic heterocycles. The molecule has 0 unspecified atom stereocenters. The lowest BCUT2D eigenvalue weighted by Gasteiger charge is -2.10. The molecular formula is C10H10F3NO5S. The van der Waals surface area contributed by atoms with Crippen LogP contribution in [0.3, 0.4) is 0 Å². The number of aliphatic carboxylic acids is 1. The molecule has 112 valence electrons. The zero-order valence-electron chi connectivity index (χ0n) is 9.79. The normalized spacial score (nSPS) is 13.8. The first-order valence-corrected chi connectivity index (χ1v) is 6.52. The van der Waals surface area contributed by atoms with Crippen molar-refractivity contribution in [2.75, 3.05) is 0 Å². The zero-order valence-corrected chi connectivity index (χ0v) is 10.6. The summed E-state index contributed by atoms with van der Waals surface area (Å²) in [6, 6.07) is 3.25. The van der Waals surface area contributed by atoms with Gasteiger partial charge in [0, 0.05) is 0 Å². The Morgan fingerprint density at radius 2 is 1.80 bits per heavy atom. The molecule has 6 nitrogen and oxygen atoms in total. The lowest BCUT2D eigenvalue weighted by Crippen LogP contribution is -2.32. The summed E-state index contributed by atoms with van der Waals surface area (Å²) in [6.45, 7) is 0. The molecule has 0 bridgehead atoms. The van der Waals surface area contributed by atoms with Gasteiger partial charge in [0.15, 0.2) is 0 Å². The van der Waals surface area contributed by atoms with Gasteiger partial charge in [-0.1, -0.05) is 12.1 Å². The molecule has 0 heterocycles. The quantitative estimate of drug-likeness (QED) is 0.617. The van der Waals surface area contributed by atoms with Crippen LogP contribution < -0.4 is 9.92 Å². The Kier molecular flexibility index (Phi) is 4.61. The summed E-state index contributed by atoms with van der Waals surface area (Å²) in [6.07, 6.45) is -0.0539. The summed E-state index contributed by atoms with van der Waals surface area (Å²) in [5.41, 5.74) is 0.167. The standard InChI is InChI=1S/C10H10F3NO5S/c11-10(12,13)20(17,18)19-7-3-1-6(2-4-7)5-8(14)9(15)16/h1-4,8H,5,14H2,(H,15,16)/t8-/m0/s1. The lowest BCUT2D eigenvalue weighted by atomic mass is 10.1. The minimum Gasteiger partial charge on any atom is -0.480 e. The molecule has 20 heavy (non-hydrogen) atoms. The maximum Gasteiger partial charge on any atom is 0.534 e. The lowest BCUT2D eigenvalue weighted by molar-refractivity contribution is -0.138. The van der Waals surface area contributed by atoms with E-state index in [4.69, 9.17) is 10.8 Å². The van der Waals surface area contributed by atoms with Crippen molar-refractivity contribution in [2.24, 2.45) is 5.73 Å². The second kappa shape index (κ2) is 5.67. The number of hydrogen-bond acceptors (Lipinski definition) is 5. The van der Waals surface area contributed by atoms with E-state index in [0.717, 1.165) is 12.1 Å². The van der Waals surface area contributed by atoms with E-state index < -0.39 is 33.4 Å². The van der Waals surface area contributed by atoms with E-state index in [-0.39, 0.29) is 6.42 Å². The summed E-state index contributed by atoms with van der Waals surface area (Å²) in [7, 11) is -5.72. The Hall–Kier alpha value is -1.81. The van der Waals surface area contributed by atoms with Crippen LogP contribution in [-0.2, 0) is 21.3 Å². The van der Waals surface area contributed by atoms with Crippen LogP contribution in [0.4, 0.5) is 13.2 Å². The van der Waals surface area contributed by atoms with Crippen LogP contribution in [0.2, 0.25) is 0 Å². The highest BCUT2D eigenvalue weighted by Crippen LogP contribution is 2.27. The van der Waals surface area contributed by atoms with Crippen LogP contribution in [0.25, 0.3) is 0 Å². The van der Waals surface area contributed by atoms with Crippen LogP contribution >= 0.6 is 0 Å². The minimum atomic E-state index is -5.72. The highest BCUT2D eigenvalue weighted by molar-refractivity contribution is 7.87. The molecule has 0 amide bonds. The van der Waals surface area contributed by atoms with Crippen LogP contribution in [0.1, 0.15) is 5.56 Å². The van der Waals surface area contributed by atoms with Crippen LogP contribution in [-0.4, -0.2) is 31.0 Å². The number of halogens is 3. The summed E-state index contributed by atoms with van der Waals surface area (Å²) in [5, 5.41) is 8.59. The van der Waals surface area contributed by atoms with Crippen molar-refractivity contribution in [3.05, 3.63) is 29.8 Å². The van der Waals surface area contributed by atoms with Gasteiger partial charge in [0.05, 0.1) is 0 Å². The average molecular weight is 313 g/mol. The first kappa shape index (κ1) is 16.2. The maximum absolute atomic E-state index is 12.1. The van der Waals surface area contributed by atoms with Crippen molar-refractivity contribution >= 4 is 16.1 Å². The molecule has 1 atom stereocenters. The number of rotatable bonds is 5. The van der Waals surface area contributed by atoms with Gasteiger partial charge in [0.25, 0.3) is 0 Å². The van der Waals surface area contributed by atoms with Crippen LogP contribution in [0.5, 0.6) is 5.75 Å². The van der Waals surface area contributed by atoms with E-state index in [0.29, 0.717) is 5.56 Å². The van der Waals surface area contributed by atoms with Gasteiger partial charge < -0.3 is 15.0 Å². The van der Waals surface area contributed by atoms with Gasteiger partial charge >= 0.3 is 21.6 Å². The molecule has 1 aromatic rings. The highest BCUT2D eigenvalue weighted by Gasteiger charge is 2.48. The molecule has 0 aliphatic carbocycles. The van der Waals surface area contributed by atoms with E-state index in [1.807, 2.05) is 0 Å². The molecule has 1 rings (SSSR count). The molecule has 1 aromatic carbocycles. The fourth-order valence-corrected chi connectivity index (χ4v) is 1.66. The van der Waals surface area contributed by atoms with Crippen molar-refractivity contribution in [3.8, 4) is 5.75 Å². The molecule has 3 N–H and O–H groups in total. The van der Waals surface area contributed by atoms with Gasteiger partial charge in [0.2, 0.25) is 0 Å². The van der Waals surface area contributed by atoms with Gasteiger partial charge in [-0.3, -0.25) is 4.79 Å².